The minimum atomic E-state index is 0.633. The van der Waals surface area contributed by atoms with E-state index in [9.17, 15) is 0 Å². The molecule has 4 nitrogen and oxygen atoms in total. The van der Waals surface area contributed by atoms with Gasteiger partial charge in [-0.25, -0.2) is 9.97 Å². The second-order valence-electron chi connectivity index (χ2n) is 6.37. The lowest BCUT2D eigenvalue weighted by atomic mass is 9.84. The van der Waals surface area contributed by atoms with Crippen molar-refractivity contribution in [3.63, 3.8) is 0 Å². The van der Waals surface area contributed by atoms with Crippen LogP contribution in [-0.4, -0.2) is 34.6 Å². The lowest BCUT2D eigenvalue weighted by molar-refractivity contribution is 0.249. The summed E-state index contributed by atoms with van der Waals surface area (Å²) in [6.45, 7) is 5.35. The van der Waals surface area contributed by atoms with Crippen molar-refractivity contribution in [2.45, 2.75) is 51.9 Å². The number of ether oxygens (including phenoxy) is 1. The van der Waals surface area contributed by atoms with Crippen molar-refractivity contribution < 1.29 is 4.74 Å². The van der Waals surface area contributed by atoms with Gasteiger partial charge in [0, 0.05) is 37.3 Å². The van der Waals surface area contributed by atoms with Gasteiger partial charge in [-0.1, -0.05) is 32.6 Å². The number of hydrogen-bond acceptors (Lipinski definition) is 4. The maximum absolute atomic E-state index is 5.95. The number of allylic oxidation sites excluding steroid dienone is 1. The molecule has 1 fully saturated rings. The normalized spacial score (nSPS) is 17.7. The van der Waals surface area contributed by atoms with Gasteiger partial charge in [0.25, 0.3) is 0 Å². The van der Waals surface area contributed by atoms with Crippen LogP contribution in [0.4, 0.5) is 0 Å². The quantitative estimate of drug-likeness (QED) is 0.683. The van der Waals surface area contributed by atoms with Crippen molar-refractivity contribution in [2.24, 2.45) is 5.92 Å². The number of fused-ring (bicyclic) bond motifs is 2. The summed E-state index contributed by atoms with van der Waals surface area (Å²) >= 11 is 0. The molecule has 1 aromatic heterocycles. The highest BCUT2D eigenvalue weighted by molar-refractivity contribution is 5.69. The SMILES string of the molecule is CCCCCCCOc1nccnc1C1=CN2CCC1CC2. The Hall–Kier alpha value is -1.58. The van der Waals surface area contributed by atoms with Gasteiger partial charge >= 0.3 is 0 Å². The largest absolute Gasteiger partial charge is 0.476 e. The molecule has 0 unspecified atom stereocenters. The second kappa shape index (κ2) is 7.61. The fourth-order valence-corrected chi connectivity index (χ4v) is 3.40. The van der Waals surface area contributed by atoms with E-state index in [-0.39, 0.29) is 0 Å². The third-order valence-electron chi connectivity index (χ3n) is 4.72. The molecule has 0 aromatic carbocycles. The lowest BCUT2D eigenvalue weighted by Crippen LogP contribution is -2.35. The zero-order valence-electron chi connectivity index (χ0n) is 13.6. The highest BCUT2D eigenvalue weighted by Gasteiger charge is 2.30. The van der Waals surface area contributed by atoms with E-state index >= 15 is 0 Å². The Morgan fingerprint density at radius 2 is 1.86 bits per heavy atom. The van der Waals surface area contributed by atoms with Crippen LogP contribution in [-0.2, 0) is 0 Å². The van der Waals surface area contributed by atoms with Gasteiger partial charge in [-0.2, -0.15) is 0 Å². The van der Waals surface area contributed by atoms with Crippen LogP contribution in [0.3, 0.4) is 0 Å². The molecule has 4 heteroatoms. The molecule has 0 radical (unpaired) electrons. The first kappa shape index (κ1) is 15.3. The highest BCUT2D eigenvalue weighted by atomic mass is 16.5. The molecule has 0 N–H and O–H groups in total. The molecule has 0 aliphatic carbocycles. The second-order valence-corrected chi connectivity index (χ2v) is 6.37. The van der Waals surface area contributed by atoms with E-state index in [4.69, 9.17) is 4.74 Å². The minimum Gasteiger partial charge on any atom is -0.476 e. The van der Waals surface area contributed by atoms with E-state index in [0.717, 1.165) is 24.6 Å². The van der Waals surface area contributed by atoms with Crippen molar-refractivity contribution in [3.8, 4) is 5.88 Å². The molecule has 0 amide bonds. The molecular weight excluding hydrogens is 274 g/mol. The third-order valence-corrected chi connectivity index (χ3v) is 4.72. The minimum absolute atomic E-state index is 0.633. The zero-order valence-corrected chi connectivity index (χ0v) is 13.6. The topological polar surface area (TPSA) is 38.3 Å². The van der Waals surface area contributed by atoms with E-state index in [1.54, 1.807) is 12.4 Å². The van der Waals surface area contributed by atoms with Gasteiger partial charge in [0.1, 0.15) is 5.69 Å². The summed E-state index contributed by atoms with van der Waals surface area (Å²) in [5.41, 5.74) is 2.29. The molecule has 2 bridgehead atoms. The van der Waals surface area contributed by atoms with Gasteiger partial charge in [-0.3, -0.25) is 0 Å². The van der Waals surface area contributed by atoms with Crippen LogP contribution < -0.4 is 4.74 Å². The van der Waals surface area contributed by atoms with Crippen molar-refractivity contribution in [1.82, 2.24) is 14.9 Å². The summed E-state index contributed by atoms with van der Waals surface area (Å²) in [6.07, 6.45) is 14.5. The van der Waals surface area contributed by atoms with Gasteiger partial charge in [0.15, 0.2) is 0 Å². The number of piperidine rings is 1. The van der Waals surface area contributed by atoms with E-state index < -0.39 is 0 Å². The zero-order chi connectivity index (χ0) is 15.2. The first-order valence-electron chi connectivity index (χ1n) is 8.78. The summed E-state index contributed by atoms with van der Waals surface area (Å²) in [4.78, 5) is 11.4. The molecule has 4 rings (SSSR count). The van der Waals surface area contributed by atoms with Gasteiger partial charge in [0.2, 0.25) is 5.88 Å². The van der Waals surface area contributed by atoms with Crippen LogP contribution >= 0.6 is 0 Å². The number of hydrogen-bond donors (Lipinski definition) is 0. The van der Waals surface area contributed by atoms with Gasteiger partial charge in [-0.15, -0.1) is 0 Å². The smallest absolute Gasteiger partial charge is 0.240 e. The Labute approximate surface area is 133 Å². The van der Waals surface area contributed by atoms with E-state index in [0.29, 0.717) is 5.92 Å². The third kappa shape index (κ3) is 3.60. The number of aromatic nitrogens is 2. The first-order chi connectivity index (χ1) is 10.9. The molecule has 0 saturated carbocycles. The highest BCUT2D eigenvalue weighted by Crippen LogP contribution is 2.38. The van der Waals surface area contributed by atoms with Crippen LogP contribution in [0.5, 0.6) is 5.88 Å². The van der Waals surface area contributed by atoms with Crippen LogP contribution in [0.15, 0.2) is 18.6 Å². The average Bonchev–Trinajstić information content (AvgIpc) is 2.59. The summed E-state index contributed by atoms with van der Waals surface area (Å²) in [7, 11) is 0. The molecule has 4 heterocycles. The average molecular weight is 301 g/mol. The Balaban J connectivity index is 1.61. The van der Waals surface area contributed by atoms with Crippen molar-refractivity contribution >= 4 is 5.57 Å². The van der Waals surface area contributed by atoms with Crippen molar-refractivity contribution in [1.29, 1.82) is 0 Å². The maximum atomic E-state index is 5.95. The Morgan fingerprint density at radius 3 is 2.59 bits per heavy atom. The Morgan fingerprint density at radius 1 is 1.09 bits per heavy atom. The summed E-state index contributed by atoms with van der Waals surface area (Å²) in [6, 6.07) is 0. The fraction of sp³-hybridized carbons (Fsp3) is 0.667. The van der Waals surface area contributed by atoms with Gasteiger partial charge < -0.3 is 9.64 Å². The van der Waals surface area contributed by atoms with Crippen LogP contribution in [0, 0.1) is 5.92 Å². The molecule has 120 valence electrons. The van der Waals surface area contributed by atoms with Crippen molar-refractivity contribution in [3.05, 3.63) is 24.3 Å². The Kier molecular flexibility index (Phi) is 5.30. The van der Waals surface area contributed by atoms with Gasteiger partial charge in [0.05, 0.1) is 6.61 Å². The fourth-order valence-electron chi connectivity index (χ4n) is 3.40. The van der Waals surface area contributed by atoms with E-state index in [1.807, 2.05) is 0 Å². The van der Waals surface area contributed by atoms with Gasteiger partial charge in [-0.05, 0) is 25.2 Å². The van der Waals surface area contributed by atoms with Crippen LogP contribution in [0.1, 0.15) is 57.6 Å². The summed E-state index contributed by atoms with van der Waals surface area (Å²) < 4.78 is 5.95. The monoisotopic (exact) mass is 301 g/mol. The summed E-state index contributed by atoms with van der Waals surface area (Å²) in [5, 5.41) is 0. The van der Waals surface area contributed by atoms with E-state index in [2.05, 4.69) is 28.0 Å². The molecule has 0 atom stereocenters. The predicted octanol–water partition coefficient (Wildman–Crippen LogP) is 3.89. The molecule has 22 heavy (non-hydrogen) atoms. The number of unbranched alkanes of at least 4 members (excludes halogenated alkanes) is 4. The number of nitrogens with zero attached hydrogens (tertiary/aromatic N) is 3. The van der Waals surface area contributed by atoms with Crippen molar-refractivity contribution in [2.75, 3.05) is 19.7 Å². The molecule has 3 aliphatic rings. The number of rotatable bonds is 8. The predicted molar refractivity (Wildman–Crippen MR) is 88.6 cm³/mol. The molecule has 1 aromatic rings. The maximum Gasteiger partial charge on any atom is 0.240 e. The molecular formula is C18H27N3O. The standard InChI is InChI=1S/C18H27N3O/c1-2-3-4-5-6-13-22-18-17(19-9-10-20-18)16-14-21-11-7-15(16)8-12-21/h9-10,14-15H,2-8,11-13H2,1H3. The van der Waals surface area contributed by atoms with E-state index in [1.165, 1.54) is 57.2 Å². The lowest BCUT2D eigenvalue weighted by Gasteiger charge is -2.38. The molecule has 1 saturated heterocycles. The molecule has 0 spiro atoms. The Bertz CT molecular complexity index is 507. The van der Waals surface area contributed by atoms with Crippen LogP contribution in [0.25, 0.3) is 5.57 Å². The van der Waals surface area contributed by atoms with Crippen LogP contribution in [0.2, 0.25) is 0 Å². The molecule has 3 aliphatic heterocycles. The summed E-state index contributed by atoms with van der Waals surface area (Å²) in [5.74, 6) is 1.35. The first-order valence-corrected chi connectivity index (χ1v) is 8.78.